The van der Waals surface area contributed by atoms with Crippen LogP contribution in [-0.2, 0) is 4.79 Å². The van der Waals surface area contributed by atoms with E-state index in [0.717, 1.165) is 27.4 Å². The lowest BCUT2D eigenvalue weighted by Gasteiger charge is -2.08. The molecule has 26 heavy (non-hydrogen) atoms. The number of benzene rings is 1. The van der Waals surface area contributed by atoms with Crippen LogP contribution in [0, 0.1) is 13.8 Å². The molecule has 3 aromatic heterocycles. The van der Waals surface area contributed by atoms with Crippen molar-refractivity contribution in [2.24, 2.45) is 0 Å². The van der Waals surface area contributed by atoms with Crippen molar-refractivity contribution in [2.45, 2.75) is 18.9 Å². The van der Waals surface area contributed by atoms with Gasteiger partial charge >= 0.3 is 0 Å². The van der Waals surface area contributed by atoms with E-state index < -0.39 is 0 Å². The van der Waals surface area contributed by atoms with Crippen molar-refractivity contribution in [1.82, 2.24) is 14.6 Å². The second-order valence-corrected chi connectivity index (χ2v) is 8.23. The average molecular weight is 403 g/mol. The first-order chi connectivity index (χ1) is 12.5. The molecule has 0 radical (unpaired) electrons. The Hall–Kier alpha value is -2.09. The van der Waals surface area contributed by atoms with E-state index in [1.54, 1.807) is 11.3 Å². The highest BCUT2D eigenvalue weighted by Crippen LogP contribution is 2.31. The van der Waals surface area contributed by atoms with Crippen LogP contribution in [0.15, 0.2) is 40.7 Å². The van der Waals surface area contributed by atoms with E-state index in [1.807, 2.05) is 32.0 Å². The number of thioether (sulfide) groups is 1. The summed E-state index contributed by atoms with van der Waals surface area (Å²) in [5.41, 5.74) is 3.76. The molecular formula is C18H15ClN4OS2. The van der Waals surface area contributed by atoms with Crippen molar-refractivity contribution in [1.29, 1.82) is 0 Å². The monoisotopic (exact) mass is 402 g/mol. The number of hydrogen-bond acceptors (Lipinski definition) is 5. The van der Waals surface area contributed by atoms with Crippen LogP contribution in [0.25, 0.3) is 15.7 Å². The van der Waals surface area contributed by atoms with Crippen LogP contribution in [0.2, 0.25) is 5.02 Å². The lowest BCUT2D eigenvalue weighted by Crippen LogP contribution is -2.14. The summed E-state index contributed by atoms with van der Waals surface area (Å²) in [7, 11) is 0. The molecule has 0 aliphatic heterocycles. The van der Waals surface area contributed by atoms with Crippen LogP contribution >= 0.6 is 34.7 Å². The minimum absolute atomic E-state index is 0.130. The van der Waals surface area contributed by atoms with Gasteiger partial charge in [0, 0.05) is 0 Å². The Labute approximate surface area is 163 Å². The summed E-state index contributed by atoms with van der Waals surface area (Å²) in [5.74, 6) is 0.930. The number of carbonyl (C=O) groups is 1. The second kappa shape index (κ2) is 6.90. The molecule has 0 atom stereocenters. The first-order valence-electron chi connectivity index (χ1n) is 7.93. The summed E-state index contributed by atoms with van der Waals surface area (Å²) in [6.45, 7) is 3.88. The zero-order valence-corrected chi connectivity index (χ0v) is 16.5. The Bertz CT molecular complexity index is 1140. The number of amides is 1. The summed E-state index contributed by atoms with van der Waals surface area (Å²) in [4.78, 5) is 12.3. The highest BCUT2D eigenvalue weighted by Gasteiger charge is 2.14. The van der Waals surface area contributed by atoms with Gasteiger partial charge in [-0.25, -0.2) is 0 Å². The number of halogens is 1. The predicted octanol–water partition coefficient (Wildman–Crippen LogP) is 4.95. The molecule has 0 saturated heterocycles. The Morgan fingerprint density at radius 1 is 1.23 bits per heavy atom. The molecule has 0 fully saturated rings. The summed E-state index contributed by atoms with van der Waals surface area (Å²) in [6.07, 6.45) is 0. The standard InChI is InChI=1S/C18H15ClN4OS2/c1-10-3-4-13(12(19)7-10)20-17(24)9-26-18-15-8-16-14(5-6-25-16)23(15)11(2)21-22-18/h3-8H,9H2,1-2H3,(H,20,24). The molecule has 5 nitrogen and oxygen atoms in total. The first kappa shape index (κ1) is 17.3. The Morgan fingerprint density at radius 2 is 2.08 bits per heavy atom. The Morgan fingerprint density at radius 3 is 2.88 bits per heavy atom. The van der Waals surface area contributed by atoms with Gasteiger partial charge in [0.1, 0.15) is 10.9 Å². The van der Waals surface area contributed by atoms with E-state index in [1.165, 1.54) is 16.5 Å². The first-order valence-corrected chi connectivity index (χ1v) is 10.2. The summed E-state index contributed by atoms with van der Waals surface area (Å²) < 4.78 is 3.26. The van der Waals surface area contributed by atoms with E-state index in [-0.39, 0.29) is 11.7 Å². The average Bonchev–Trinajstić information content (AvgIpc) is 3.18. The molecule has 0 spiro atoms. The number of hydrogen-bond donors (Lipinski definition) is 1. The fraction of sp³-hybridized carbons (Fsp3) is 0.167. The number of fused-ring (bicyclic) bond motifs is 3. The van der Waals surface area contributed by atoms with Crippen molar-refractivity contribution in [2.75, 3.05) is 11.1 Å². The molecule has 0 aliphatic carbocycles. The van der Waals surface area contributed by atoms with Crippen molar-refractivity contribution in [3.8, 4) is 0 Å². The molecule has 4 aromatic rings. The van der Waals surface area contributed by atoms with Crippen LogP contribution in [0.1, 0.15) is 11.4 Å². The van der Waals surface area contributed by atoms with E-state index in [4.69, 9.17) is 11.6 Å². The summed E-state index contributed by atoms with van der Waals surface area (Å²) in [6, 6.07) is 9.72. The molecule has 1 N–H and O–H groups in total. The minimum atomic E-state index is -0.130. The molecule has 4 rings (SSSR count). The highest BCUT2D eigenvalue weighted by molar-refractivity contribution is 8.00. The minimum Gasteiger partial charge on any atom is -0.324 e. The topological polar surface area (TPSA) is 59.3 Å². The van der Waals surface area contributed by atoms with Crippen LogP contribution in [0.4, 0.5) is 5.69 Å². The lowest BCUT2D eigenvalue weighted by molar-refractivity contribution is -0.113. The summed E-state index contributed by atoms with van der Waals surface area (Å²) >= 11 is 9.22. The van der Waals surface area contributed by atoms with Gasteiger partial charge in [-0.15, -0.1) is 21.5 Å². The van der Waals surface area contributed by atoms with Crippen LogP contribution < -0.4 is 5.32 Å². The molecule has 8 heteroatoms. The number of aryl methyl sites for hydroxylation is 2. The van der Waals surface area contributed by atoms with Gasteiger partial charge < -0.3 is 5.32 Å². The maximum Gasteiger partial charge on any atom is 0.234 e. The van der Waals surface area contributed by atoms with Crippen molar-refractivity contribution in [3.05, 3.63) is 52.1 Å². The third-order valence-corrected chi connectivity index (χ3v) is 6.13. The van der Waals surface area contributed by atoms with Crippen molar-refractivity contribution >= 4 is 62.0 Å². The molecule has 1 aromatic carbocycles. The smallest absolute Gasteiger partial charge is 0.234 e. The zero-order chi connectivity index (χ0) is 18.3. The van der Waals surface area contributed by atoms with E-state index in [9.17, 15) is 4.79 Å². The van der Waals surface area contributed by atoms with Gasteiger partial charge in [-0.05, 0) is 49.1 Å². The van der Waals surface area contributed by atoms with Crippen molar-refractivity contribution < 1.29 is 4.79 Å². The van der Waals surface area contributed by atoms with Crippen LogP contribution in [-0.4, -0.2) is 26.3 Å². The van der Waals surface area contributed by atoms with Crippen LogP contribution in [0.5, 0.6) is 0 Å². The Balaban J connectivity index is 1.54. The number of carbonyl (C=O) groups excluding carboxylic acids is 1. The normalized spacial score (nSPS) is 11.3. The van der Waals surface area contributed by atoms with E-state index >= 15 is 0 Å². The fourth-order valence-corrected chi connectivity index (χ4v) is 4.61. The number of anilines is 1. The van der Waals surface area contributed by atoms with Crippen LogP contribution in [0.3, 0.4) is 0 Å². The maximum absolute atomic E-state index is 12.3. The molecule has 132 valence electrons. The molecular weight excluding hydrogens is 388 g/mol. The lowest BCUT2D eigenvalue weighted by atomic mass is 10.2. The second-order valence-electron chi connectivity index (χ2n) is 5.91. The number of nitrogens with one attached hydrogen (secondary N) is 1. The quantitative estimate of drug-likeness (QED) is 0.491. The number of aromatic nitrogens is 3. The van der Waals surface area contributed by atoms with Gasteiger partial charge in [-0.2, -0.15) is 0 Å². The number of rotatable bonds is 4. The number of thiophene rings is 1. The van der Waals surface area contributed by atoms with E-state index in [0.29, 0.717) is 10.7 Å². The van der Waals surface area contributed by atoms with Crippen molar-refractivity contribution in [3.63, 3.8) is 0 Å². The Kier molecular flexibility index (Phi) is 4.60. The SMILES string of the molecule is Cc1ccc(NC(=O)CSc2nnc(C)n3c2cc2sccc23)c(Cl)c1. The third-order valence-electron chi connectivity index (χ3n) is 3.99. The van der Waals surface area contributed by atoms with Gasteiger partial charge in [0.05, 0.1) is 32.2 Å². The molecule has 0 saturated carbocycles. The predicted molar refractivity (Wildman–Crippen MR) is 109 cm³/mol. The molecule has 0 bridgehead atoms. The van der Waals surface area contributed by atoms with Gasteiger partial charge in [-0.1, -0.05) is 29.4 Å². The molecule has 1 amide bonds. The third kappa shape index (κ3) is 3.18. The number of nitrogens with zero attached hydrogens (tertiary/aromatic N) is 3. The largest absolute Gasteiger partial charge is 0.324 e. The molecule has 0 unspecified atom stereocenters. The zero-order valence-electron chi connectivity index (χ0n) is 14.1. The fourth-order valence-electron chi connectivity index (χ4n) is 2.79. The van der Waals surface area contributed by atoms with Gasteiger partial charge in [0.2, 0.25) is 5.91 Å². The molecule has 3 heterocycles. The van der Waals surface area contributed by atoms with Gasteiger partial charge in [-0.3, -0.25) is 9.20 Å². The maximum atomic E-state index is 12.3. The van der Waals surface area contributed by atoms with E-state index in [2.05, 4.69) is 37.4 Å². The van der Waals surface area contributed by atoms with Gasteiger partial charge in [0.25, 0.3) is 0 Å². The highest BCUT2D eigenvalue weighted by atomic mass is 35.5. The van der Waals surface area contributed by atoms with Gasteiger partial charge in [0.15, 0.2) is 0 Å². The summed E-state index contributed by atoms with van der Waals surface area (Å²) in [5, 5.41) is 14.7. The molecule has 0 aliphatic rings.